The van der Waals surface area contributed by atoms with Crippen LogP contribution in [0.25, 0.3) is 11.3 Å². The van der Waals surface area contributed by atoms with Gasteiger partial charge in [0.1, 0.15) is 29.6 Å². The van der Waals surface area contributed by atoms with E-state index in [1.54, 1.807) is 19.2 Å². The molecule has 1 amide bonds. The smallest absolute Gasteiger partial charge is 0.267 e. The molecule has 2 aromatic carbocycles. The summed E-state index contributed by atoms with van der Waals surface area (Å²) in [4.78, 5) is 23.8. The van der Waals surface area contributed by atoms with Crippen LogP contribution in [0.5, 0.6) is 11.5 Å². The molecule has 9 heteroatoms. The van der Waals surface area contributed by atoms with Gasteiger partial charge in [-0.05, 0) is 54.1 Å². The highest BCUT2D eigenvalue weighted by Gasteiger charge is 2.08. The fraction of sp³-hybridized carbons (Fsp3) is 0.0833. The zero-order valence-electron chi connectivity index (χ0n) is 17.9. The van der Waals surface area contributed by atoms with Gasteiger partial charge in [0.25, 0.3) is 5.91 Å². The number of anilines is 3. The largest absolute Gasteiger partial charge is 0.497 e. The molecule has 4 rings (SSSR count). The van der Waals surface area contributed by atoms with Crippen LogP contribution >= 0.6 is 0 Å². The molecule has 2 heterocycles. The molecule has 0 aliphatic heterocycles. The lowest BCUT2D eigenvalue weighted by Gasteiger charge is -2.11. The third kappa shape index (κ3) is 5.53. The average Bonchev–Trinajstić information content (AvgIpc) is 2.83. The summed E-state index contributed by atoms with van der Waals surface area (Å²) in [6, 6.07) is 20.1. The van der Waals surface area contributed by atoms with Crippen LogP contribution < -0.4 is 26.3 Å². The van der Waals surface area contributed by atoms with E-state index in [1.807, 2.05) is 54.6 Å². The third-order valence-corrected chi connectivity index (χ3v) is 4.72. The maximum atomic E-state index is 11.3. The van der Waals surface area contributed by atoms with Gasteiger partial charge in [0, 0.05) is 29.6 Å². The van der Waals surface area contributed by atoms with E-state index in [9.17, 15) is 4.79 Å². The summed E-state index contributed by atoms with van der Waals surface area (Å²) in [6.07, 6.45) is 1.52. The number of primary amides is 1. The first-order valence-electron chi connectivity index (χ1n) is 10.0. The van der Waals surface area contributed by atoms with E-state index in [0.717, 1.165) is 22.6 Å². The van der Waals surface area contributed by atoms with Gasteiger partial charge in [-0.1, -0.05) is 6.07 Å². The lowest BCUT2D eigenvalue weighted by molar-refractivity contribution is 0.0995. The lowest BCUT2D eigenvalue weighted by atomic mass is 10.1. The number of methoxy groups -OCH3 is 1. The summed E-state index contributed by atoms with van der Waals surface area (Å²) in [5, 5.41) is 3.23. The van der Waals surface area contributed by atoms with Crippen LogP contribution in [0.1, 0.15) is 16.1 Å². The fourth-order valence-corrected chi connectivity index (χ4v) is 3.12. The van der Waals surface area contributed by atoms with Crippen molar-refractivity contribution >= 4 is 23.4 Å². The Labute approximate surface area is 190 Å². The topological polar surface area (TPSA) is 138 Å². The summed E-state index contributed by atoms with van der Waals surface area (Å²) in [5.74, 6) is 1.51. The Morgan fingerprint density at radius 3 is 2.58 bits per heavy atom. The number of nitrogen functional groups attached to an aromatic ring is 1. The number of hydrogen-bond donors (Lipinski definition) is 3. The first kappa shape index (κ1) is 21.6. The second-order valence-corrected chi connectivity index (χ2v) is 7.08. The SMILES string of the molecule is COc1ccc(-c2cc(Nc3cccc(OCc4ccnc(C(N)=O)c4)c3)nc(N)n2)cc1. The van der Waals surface area contributed by atoms with Gasteiger partial charge in [-0.2, -0.15) is 4.98 Å². The Kier molecular flexibility index (Phi) is 6.31. The van der Waals surface area contributed by atoms with Crippen LogP contribution in [0.4, 0.5) is 17.5 Å². The summed E-state index contributed by atoms with van der Waals surface area (Å²) in [6.45, 7) is 0.258. The highest BCUT2D eigenvalue weighted by atomic mass is 16.5. The minimum absolute atomic E-state index is 0.154. The Morgan fingerprint density at radius 1 is 1.00 bits per heavy atom. The van der Waals surface area contributed by atoms with Gasteiger partial charge in [-0.3, -0.25) is 9.78 Å². The molecule has 0 fully saturated rings. The van der Waals surface area contributed by atoms with Crippen LogP contribution in [0.2, 0.25) is 0 Å². The van der Waals surface area contributed by atoms with E-state index in [-0.39, 0.29) is 18.2 Å². The average molecular weight is 442 g/mol. The van der Waals surface area contributed by atoms with E-state index in [2.05, 4.69) is 20.3 Å². The van der Waals surface area contributed by atoms with Crippen molar-refractivity contribution in [2.75, 3.05) is 18.2 Å². The highest BCUT2D eigenvalue weighted by Crippen LogP contribution is 2.26. The van der Waals surface area contributed by atoms with Crippen molar-refractivity contribution in [3.8, 4) is 22.8 Å². The molecule has 0 bridgehead atoms. The predicted octanol–water partition coefficient (Wildman–Crippen LogP) is 3.55. The Balaban J connectivity index is 1.48. The first-order chi connectivity index (χ1) is 16.0. The van der Waals surface area contributed by atoms with Gasteiger partial charge in [0.05, 0.1) is 12.8 Å². The van der Waals surface area contributed by atoms with Gasteiger partial charge in [0.2, 0.25) is 5.95 Å². The van der Waals surface area contributed by atoms with Gasteiger partial charge >= 0.3 is 0 Å². The molecule has 0 radical (unpaired) electrons. The number of benzene rings is 2. The Bertz CT molecular complexity index is 1280. The summed E-state index contributed by atoms with van der Waals surface area (Å²) in [5.41, 5.74) is 14.5. The maximum absolute atomic E-state index is 11.3. The number of hydrogen-bond acceptors (Lipinski definition) is 8. The van der Waals surface area contributed by atoms with Crippen LogP contribution in [-0.2, 0) is 6.61 Å². The standard InChI is InChI=1S/C24H22N6O3/c1-32-18-7-5-16(6-8-18)20-13-22(30-24(26)29-20)28-17-3-2-4-19(12-17)33-14-15-9-10-27-21(11-15)23(25)31/h2-13H,14H2,1H3,(H2,25,31)(H3,26,28,29,30). The number of pyridine rings is 1. The maximum Gasteiger partial charge on any atom is 0.267 e. The van der Waals surface area contributed by atoms with Crippen molar-refractivity contribution in [2.45, 2.75) is 6.61 Å². The molecule has 33 heavy (non-hydrogen) atoms. The van der Waals surface area contributed by atoms with Crippen molar-refractivity contribution in [1.82, 2.24) is 15.0 Å². The molecule has 0 aliphatic carbocycles. The molecule has 166 valence electrons. The molecule has 9 nitrogen and oxygen atoms in total. The second-order valence-electron chi connectivity index (χ2n) is 7.08. The monoisotopic (exact) mass is 442 g/mol. The molecular formula is C24H22N6O3. The van der Waals surface area contributed by atoms with Crippen LogP contribution in [0, 0.1) is 0 Å². The molecule has 5 N–H and O–H groups in total. The van der Waals surface area contributed by atoms with E-state index >= 15 is 0 Å². The number of carbonyl (C=O) groups excluding carboxylic acids is 1. The Hall–Kier alpha value is -4.66. The Morgan fingerprint density at radius 2 is 1.82 bits per heavy atom. The number of aromatic nitrogens is 3. The molecule has 0 saturated heterocycles. The summed E-state index contributed by atoms with van der Waals surface area (Å²) >= 11 is 0. The summed E-state index contributed by atoms with van der Waals surface area (Å²) < 4.78 is 11.1. The number of ether oxygens (including phenoxy) is 2. The number of amides is 1. The van der Waals surface area contributed by atoms with Crippen LogP contribution in [0.15, 0.2) is 72.9 Å². The van der Waals surface area contributed by atoms with E-state index in [0.29, 0.717) is 17.3 Å². The number of carbonyl (C=O) groups is 1. The van der Waals surface area contributed by atoms with Gasteiger partial charge < -0.3 is 26.3 Å². The zero-order chi connectivity index (χ0) is 23.2. The van der Waals surface area contributed by atoms with Crippen LogP contribution in [0.3, 0.4) is 0 Å². The molecule has 0 saturated carbocycles. The lowest BCUT2D eigenvalue weighted by Crippen LogP contribution is -2.13. The summed E-state index contributed by atoms with van der Waals surface area (Å²) in [7, 11) is 1.62. The number of rotatable bonds is 8. The number of nitrogens with one attached hydrogen (secondary N) is 1. The third-order valence-electron chi connectivity index (χ3n) is 4.72. The molecule has 2 aromatic heterocycles. The normalized spacial score (nSPS) is 10.5. The van der Waals surface area contributed by atoms with E-state index in [4.69, 9.17) is 20.9 Å². The number of nitrogens with zero attached hydrogens (tertiary/aromatic N) is 3. The second kappa shape index (κ2) is 9.65. The minimum atomic E-state index is -0.582. The highest BCUT2D eigenvalue weighted by molar-refractivity contribution is 5.90. The van der Waals surface area contributed by atoms with Crippen molar-refractivity contribution < 1.29 is 14.3 Å². The molecule has 0 aliphatic rings. The van der Waals surface area contributed by atoms with Gasteiger partial charge in [-0.25, -0.2) is 4.98 Å². The number of nitrogens with two attached hydrogens (primary N) is 2. The predicted molar refractivity (Wildman–Crippen MR) is 125 cm³/mol. The molecular weight excluding hydrogens is 420 g/mol. The zero-order valence-corrected chi connectivity index (χ0v) is 17.9. The van der Waals surface area contributed by atoms with Crippen molar-refractivity contribution in [3.05, 3.63) is 84.2 Å². The molecule has 0 unspecified atom stereocenters. The van der Waals surface area contributed by atoms with E-state index in [1.165, 1.54) is 6.20 Å². The molecule has 0 spiro atoms. The van der Waals surface area contributed by atoms with Crippen molar-refractivity contribution in [2.24, 2.45) is 5.73 Å². The molecule has 0 atom stereocenters. The fourth-order valence-electron chi connectivity index (χ4n) is 3.12. The first-order valence-corrected chi connectivity index (χ1v) is 10.0. The van der Waals surface area contributed by atoms with Gasteiger partial charge in [-0.15, -0.1) is 0 Å². The quantitative estimate of drug-likeness (QED) is 0.377. The molecule has 4 aromatic rings. The van der Waals surface area contributed by atoms with Gasteiger partial charge in [0.15, 0.2) is 0 Å². The minimum Gasteiger partial charge on any atom is -0.497 e. The van der Waals surface area contributed by atoms with Crippen molar-refractivity contribution in [3.63, 3.8) is 0 Å². The van der Waals surface area contributed by atoms with E-state index < -0.39 is 5.91 Å². The van der Waals surface area contributed by atoms with Crippen LogP contribution in [-0.4, -0.2) is 28.0 Å². The van der Waals surface area contributed by atoms with Crippen molar-refractivity contribution in [1.29, 1.82) is 0 Å².